The van der Waals surface area contributed by atoms with Crippen molar-refractivity contribution >= 4 is 15.7 Å². The Morgan fingerprint density at radius 3 is 2.23 bits per heavy atom. The molecule has 0 bridgehead atoms. The van der Waals surface area contributed by atoms with E-state index in [1.807, 2.05) is 0 Å². The normalized spacial score (nSPS) is 20.0. The molecule has 0 N–H and O–H groups in total. The van der Waals surface area contributed by atoms with Crippen molar-refractivity contribution in [3.8, 4) is 6.07 Å². The lowest BCUT2D eigenvalue weighted by Crippen LogP contribution is -2.33. The quantitative estimate of drug-likeness (QED) is 0.858. The molecule has 3 rings (SSSR count). The number of benzene rings is 1. The van der Waals surface area contributed by atoms with Crippen molar-refractivity contribution in [1.82, 2.24) is 4.31 Å². The van der Waals surface area contributed by atoms with E-state index in [4.69, 9.17) is 5.26 Å². The summed E-state index contributed by atoms with van der Waals surface area (Å²) < 4.78 is 27.4. The van der Waals surface area contributed by atoms with Crippen LogP contribution in [0.2, 0.25) is 0 Å². The fourth-order valence-electron chi connectivity index (χ4n) is 3.25. The Bertz CT molecular complexity index is 682. The third kappa shape index (κ3) is 2.83. The van der Waals surface area contributed by atoms with E-state index in [9.17, 15) is 8.42 Å². The highest BCUT2D eigenvalue weighted by atomic mass is 32.2. The fraction of sp³-hybridized carbons (Fsp3) is 0.562. The molecule has 1 aromatic carbocycles. The molecule has 0 atom stereocenters. The summed E-state index contributed by atoms with van der Waals surface area (Å²) in [4.78, 5) is 2.48. The van der Waals surface area contributed by atoms with Gasteiger partial charge in [0.2, 0.25) is 10.0 Å². The van der Waals surface area contributed by atoms with Gasteiger partial charge in [0.25, 0.3) is 0 Å². The van der Waals surface area contributed by atoms with E-state index in [1.54, 1.807) is 22.5 Å². The zero-order valence-electron chi connectivity index (χ0n) is 12.7. The van der Waals surface area contributed by atoms with Crippen LogP contribution in [0, 0.1) is 11.3 Å². The number of nitriles is 1. The first-order chi connectivity index (χ1) is 10.6. The molecule has 2 heterocycles. The highest BCUT2D eigenvalue weighted by Gasteiger charge is 2.31. The molecule has 0 aliphatic carbocycles. The molecule has 2 saturated heterocycles. The number of rotatable bonds is 3. The van der Waals surface area contributed by atoms with Crippen molar-refractivity contribution in [3.05, 3.63) is 23.8 Å². The first kappa shape index (κ1) is 15.3. The maximum Gasteiger partial charge on any atom is 0.245 e. The van der Waals surface area contributed by atoms with Crippen molar-refractivity contribution < 1.29 is 8.42 Å². The molecule has 5 nitrogen and oxygen atoms in total. The van der Waals surface area contributed by atoms with E-state index >= 15 is 0 Å². The molecule has 0 aromatic heterocycles. The zero-order chi connectivity index (χ0) is 15.6. The predicted octanol–water partition coefficient (Wildman–Crippen LogP) is 2.33. The van der Waals surface area contributed by atoms with E-state index in [1.165, 1.54) is 6.42 Å². The van der Waals surface area contributed by atoms with Gasteiger partial charge in [0.05, 0.1) is 17.3 Å². The summed E-state index contributed by atoms with van der Waals surface area (Å²) in [5.74, 6) is 0. The van der Waals surface area contributed by atoms with Crippen LogP contribution in [0.1, 0.15) is 37.7 Å². The van der Waals surface area contributed by atoms with Crippen LogP contribution in [0.4, 0.5) is 5.69 Å². The molecular formula is C16H21N3O2S. The second-order valence-corrected chi connectivity index (χ2v) is 7.86. The lowest BCUT2D eigenvalue weighted by atomic mass is 10.1. The van der Waals surface area contributed by atoms with E-state index < -0.39 is 10.0 Å². The largest absolute Gasteiger partial charge is 0.370 e. The van der Waals surface area contributed by atoms with Crippen LogP contribution in [-0.2, 0) is 10.0 Å². The summed E-state index contributed by atoms with van der Waals surface area (Å²) in [5.41, 5.74) is 1.21. The molecule has 0 amide bonds. The maximum absolute atomic E-state index is 12.9. The van der Waals surface area contributed by atoms with Gasteiger partial charge in [-0.2, -0.15) is 9.57 Å². The van der Waals surface area contributed by atoms with Gasteiger partial charge in [0, 0.05) is 26.2 Å². The number of hydrogen-bond donors (Lipinski definition) is 0. The second kappa shape index (κ2) is 6.27. The average molecular weight is 319 g/mol. The van der Waals surface area contributed by atoms with Crippen LogP contribution in [-0.4, -0.2) is 38.9 Å². The first-order valence-electron chi connectivity index (χ1n) is 7.92. The summed E-state index contributed by atoms with van der Waals surface area (Å²) in [6, 6.07) is 7.06. The third-order valence-corrected chi connectivity index (χ3v) is 6.41. The molecule has 0 radical (unpaired) electrons. The standard InChI is InChI=1S/C16H21N3O2S/c17-13-14-6-7-16(22(20,21)19-10-4-5-11-19)15(12-14)18-8-2-1-3-9-18/h6-7,12H,1-5,8-11H2. The van der Waals surface area contributed by atoms with Crippen LogP contribution >= 0.6 is 0 Å². The third-order valence-electron chi connectivity index (χ3n) is 4.47. The highest BCUT2D eigenvalue weighted by Crippen LogP contribution is 2.32. The molecule has 0 spiro atoms. The molecule has 2 aliphatic rings. The van der Waals surface area contributed by atoms with Crippen molar-refractivity contribution in [2.45, 2.75) is 37.0 Å². The zero-order valence-corrected chi connectivity index (χ0v) is 13.5. The van der Waals surface area contributed by atoms with Crippen molar-refractivity contribution in [3.63, 3.8) is 0 Å². The highest BCUT2D eigenvalue weighted by molar-refractivity contribution is 7.89. The topological polar surface area (TPSA) is 64.4 Å². The van der Waals surface area contributed by atoms with Gasteiger partial charge in [0.15, 0.2) is 0 Å². The monoisotopic (exact) mass is 319 g/mol. The molecule has 2 aliphatic heterocycles. The maximum atomic E-state index is 12.9. The molecule has 2 fully saturated rings. The molecule has 22 heavy (non-hydrogen) atoms. The molecular weight excluding hydrogens is 298 g/mol. The second-order valence-electron chi connectivity index (χ2n) is 5.95. The Morgan fingerprint density at radius 1 is 0.955 bits per heavy atom. The van der Waals surface area contributed by atoms with Crippen molar-refractivity contribution in [2.24, 2.45) is 0 Å². The first-order valence-corrected chi connectivity index (χ1v) is 9.36. The van der Waals surface area contributed by atoms with E-state index in [2.05, 4.69) is 11.0 Å². The number of sulfonamides is 1. The lowest BCUT2D eigenvalue weighted by Gasteiger charge is -2.31. The van der Waals surface area contributed by atoms with Crippen LogP contribution in [0.3, 0.4) is 0 Å². The van der Waals surface area contributed by atoms with Crippen molar-refractivity contribution in [1.29, 1.82) is 5.26 Å². The van der Waals surface area contributed by atoms with Gasteiger partial charge in [0.1, 0.15) is 4.90 Å². The predicted molar refractivity (Wildman–Crippen MR) is 85.2 cm³/mol. The van der Waals surface area contributed by atoms with Crippen LogP contribution in [0.15, 0.2) is 23.1 Å². The molecule has 0 unspecified atom stereocenters. The SMILES string of the molecule is N#Cc1ccc(S(=O)(=O)N2CCCC2)c(N2CCCCC2)c1. The minimum Gasteiger partial charge on any atom is -0.370 e. The summed E-state index contributed by atoms with van der Waals surface area (Å²) in [6.07, 6.45) is 5.17. The molecule has 0 saturated carbocycles. The van der Waals surface area contributed by atoms with Gasteiger partial charge < -0.3 is 4.90 Å². The smallest absolute Gasteiger partial charge is 0.245 e. The minimum absolute atomic E-state index is 0.357. The van der Waals surface area contributed by atoms with Gasteiger partial charge in [-0.1, -0.05) is 0 Å². The van der Waals surface area contributed by atoms with Gasteiger partial charge >= 0.3 is 0 Å². The number of anilines is 1. The number of piperidine rings is 1. The molecule has 1 aromatic rings. The van der Waals surface area contributed by atoms with Crippen molar-refractivity contribution in [2.75, 3.05) is 31.1 Å². The van der Waals surface area contributed by atoms with Gasteiger partial charge in [-0.25, -0.2) is 8.42 Å². The summed E-state index contributed by atoms with van der Waals surface area (Å²) >= 11 is 0. The molecule has 6 heteroatoms. The number of hydrogen-bond acceptors (Lipinski definition) is 4. The Kier molecular flexibility index (Phi) is 4.37. The summed E-state index contributed by atoms with van der Waals surface area (Å²) in [7, 11) is -3.46. The fourth-order valence-corrected chi connectivity index (χ4v) is 4.96. The van der Waals surface area contributed by atoms with Crippen LogP contribution in [0.25, 0.3) is 0 Å². The van der Waals surface area contributed by atoms with Gasteiger partial charge in [-0.3, -0.25) is 0 Å². The Labute approximate surface area is 132 Å². The Morgan fingerprint density at radius 2 is 1.59 bits per heavy atom. The van der Waals surface area contributed by atoms with Gasteiger partial charge in [-0.05, 0) is 50.3 Å². The van der Waals surface area contributed by atoms with E-state index in [0.717, 1.165) is 38.8 Å². The minimum atomic E-state index is -3.46. The number of nitrogens with zero attached hydrogens (tertiary/aromatic N) is 3. The summed E-state index contributed by atoms with van der Waals surface area (Å²) in [6.45, 7) is 2.92. The Balaban J connectivity index is 2.04. The summed E-state index contributed by atoms with van der Waals surface area (Å²) in [5, 5.41) is 9.14. The van der Waals surface area contributed by atoms with Crippen LogP contribution < -0.4 is 4.90 Å². The molecule has 118 valence electrons. The van der Waals surface area contributed by atoms with Crippen LogP contribution in [0.5, 0.6) is 0 Å². The van der Waals surface area contributed by atoms with E-state index in [-0.39, 0.29) is 0 Å². The Hall–Kier alpha value is -1.58. The lowest BCUT2D eigenvalue weighted by molar-refractivity contribution is 0.476. The van der Waals surface area contributed by atoms with Gasteiger partial charge in [-0.15, -0.1) is 0 Å². The average Bonchev–Trinajstić information content (AvgIpc) is 3.10. The van der Waals surface area contributed by atoms with E-state index in [0.29, 0.717) is 29.2 Å².